The largest absolute Gasteiger partial charge is 0.449 e. The molecule has 1 amide bonds. The molecule has 156 valence electrons. The van der Waals surface area contributed by atoms with E-state index in [2.05, 4.69) is 16.9 Å². The molecule has 0 aliphatic carbocycles. The van der Waals surface area contributed by atoms with Gasteiger partial charge in [-0.15, -0.1) is 6.42 Å². The first kappa shape index (κ1) is 20.4. The summed E-state index contributed by atoms with van der Waals surface area (Å²) in [5.74, 6) is 2.77. The van der Waals surface area contributed by atoms with Crippen LogP contribution in [0.15, 0.2) is 48.5 Å². The second-order valence-electron chi connectivity index (χ2n) is 8.10. The van der Waals surface area contributed by atoms with Crippen LogP contribution in [0.1, 0.15) is 35.6 Å². The van der Waals surface area contributed by atoms with E-state index in [0.717, 1.165) is 43.5 Å². The molecule has 30 heavy (non-hydrogen) atoms. The van der Waals surface area contributed by atoms with Crippen molar-refractivity contribution in [3.63, 3.8) is 0 Å². The second-order valence-corrected chi connectivity index (χ2v) is 8.10. The van der Waals surface area contributed by atoms with E-state index in [1.165, 1.54) is 17.7 Å². The minimum absolute atomic E-state index is 0.263. The van der Waals surface area contributed by atoms with E-state index in [1.807, 2.05) is 18.2 Å². The Morgan fingerprint density at radius 1 is 1.10 bits per heavy atom. The van der Waals surface area contributed by atoms with Crippen molar-refractivity contribution in [1.29, 1.82) is 0 Å². The summed E-state index contributed by atoms with van der Waals surface area (Å²) in [6, 6.07) is 14.3. The van der Waals surface area contributed by atoms with Crippen molar-refractivity contribution in [2.45, 2.75) is 25.3 Å². The lowest BCUT2D eigenvalue weighted by atomic mass is 9.88. The maximum absolute atomic E-state index is 13.5. The Bertz CT molecular complexity index is 913. The molecule has 1 fully saturated rings. The Balaban J connectivity index is 1.46. The Kier molecular flexibility index (Phi) is 6.35. The Labute approximate surface area is 177 Å². The van der Waals surface area contributed by atoms with Crippen LogP contribution in [-0.2, 0) is 11.2 Å². The summed E-state index contributed by atoms with van der Waals surface area (Å²) in [5, 5.41) is 0. The molecule has 0 saturated carbocycles. The molecule has 2 aliphatic rings. The predicted molar refractivity (Wildman–Crippen MR) is 114 cm³/mol. The quantitative estimate of drug-likeness (QED) is 0.712. The topological polar surface area (TPSA) is 32.8 Å². The van der Waals surface area contributed by atoms with Crippen LogP contribution >= 0.6 is 0 Å². The molecule has 1 saturated heterocycles. The SMILES string of the molecule is C#CCN1CCC(COC(=O)N2CCc3ccccc3[C@@H]2c2ccc(F)cc2)CC1. The molecule has 2 heterocycles. The van der Waals surface area contributed by atoms with Gasteiger partial charge in [0.2, 0.25) is 0 Å². The number of hydrogen-bond donors (Lipinski definition) is 0. The highest BCUT2D eigenvalue weighted by Crippen LogP contribution is 2.35. The summed E-state index contributed by atoms with van der Waals surface area (Å²) in [7, 11) is 0. The van der Waals surface area contributed by atoms with Gasteiger partial charge in [0.1, 0.15) is 5.82 Å². The van der Waals surface area contributed by atoms with E-state index in [0.29, 0.717) is 25.6 Å². The minimum Gasteiger partial charge on any atom is -0.449 e. The third kappa shape index (κ3) is 4.49. The van der Waals surface area contributed by atoms with Crippen LogP contribution in [0.4, 0.5) is 9.18 Å². The lowest BCUT2D eigenvalue weighted by Crippen LogP contribution is -2.42. The van der Waals surface area contributed by atoms with Gasteiger partial charge in [-0.1, -0.05) is 42.3 Å². The third-order valence-corrected chi connectivity index (χ3v) is 6.17. The number of halogens is 1. The van der Waals surface area contributed by atoms with E-state index in [1.54, 1.807) is 17.0 Å². The molecular formula is C25H27FN2O2. The second kappa shape index (κ2) is 9.32. The lowest BCUT2D eigenvalue weighted by molar-refractivity contribution is 0.0626. The smallest absolute Gasteiger partial charge is 0.410 e. The normalized spacial score (nSPS) is 19.7. The van der Waals surface area contributed by atoms with Gasteiger partial charge >= 0.3 is 6.09 Å². The van der Waals surface area contributed by atoms with Crippen molar-refractivity contribution in [2.75, 3.05) is 32.8 Å². The van der Waals surface area contributed by atoms with E-state index >= 15 is 0 Å². The molecule has 0 N–H and O–H groups in total. The van der Waals surface area contributed by atoms with E-state index in [4.69, 9.17) is 11.2 Å². The summed E-state index contributed by atoms with van der Waals surface area (Å²) >= 11 is 0. The van der Waals surface area contributed by atoms with Gasteiger partial charge < -0.3 is 4.74 Å². The van der Waals surface area contributed by atoms with Crippen LogP contribution in [0, 0.1) is 24.1 Å². The van der Waals surface area contributed by atoms with Crippen LogP contribution in [0.2, 0.25) is 0 Å². The minimum atomic E-state index is -0.301. The first-order valence-electron chi connectivity index (χ1n) is 10.6. The number of hydrogen-bond acceptors (Lipinski definition) is 3. The average molecular weight is 407 g/mol. The number of fused-ring (bicyclic) bond motifs is 1. The molecule has 5 heteroatoms. The zero-order valence-electron chi connectivity index (χ0n) is 17.1. The number of rotatable bonds is 4. The maximum atomic E-state index is 13.5. The molecule has 2 aromatic rings. The first-order chi connectivity index (χ1) is 14.7. The highest BCUT2D eigenvalue weighted by atomic mass is 19.1. The molecule has 4 rings (SSSR count). The van der Waals surface area contributed by atoms with Crippen molar-refractivity contribution in [3.8, 4) is 12.3 Å². The number of nitrogens with zero attached hydrogens (tertiary/aromatic N) is 2. The number of likely N-dealkylation sites (tertiary alicyclic amines) is 1. The van der Waals surface area contributed by atoms with Crippen LogP contribution in [0.25, 0.3) is 0 Å². The number of terminal acetylenes is 1. The van der Waals surface area contributed by atoms with Crippen molar-refractivity contribution < 1.29 is 13.9 Å². The molecule has 0 radical (unpaired) electrons. The number of carbonyl (C=O) groups excluding carboxylic acids is 1. The number of ether oxygens (including phenoxy) is 1. The average Bonchev–Trinajstić information content (AvgIpc) is 2.78. The van der Waals surface area contributed by atoms with E-state index in [9.17, 15) is 9.18 Å². The zero-order valence-corrected chi connectivity index (χ0v) is 17.1. The fourth-order valence-corrected chi connectivity index (χ4v) is 4.48. The van der Waals surface area contributed by atoms with Crippen LogP contribution < -0.4 is 0 Å². The van der Waals surface area contributed by atoms with Crippen LogP contribution in [0.3, 0.4) is 0 Å². The van der Waals surface area contributed by atoms with Crippen molar-refractivity contribution in [3.05, 3.63) is 71.0 Å². The Morgan fingerprint density at radius 3 is 2.57 bits per heavy atom. The highest BCUT2D eigenvalue weighted by molar-refractivity contribution is 5.70. The predicted octanol–water partition coefficient (Wildman–Crippen LogP) is 4.26. The van der Waals surface area contributed by atoms with Crippen molar-refractivity contribution in [2.24, 2.45) is 5.92 Å². The Hall–Kier alpha value is -2.84. The van der Waals surface area contributed by atoms with E-state index < -0.39 is 0 Å². The summed E-state index contributed by atoms with van der Waals surface area (Å²) < 4.78 is 19.2. The number of benzene rings is 2. The molecule has 2 aromatic carbocycles. The molecule has 2 aliphatic heterocycles. The molecule has 0 aromatic heterocycles. The number of amides is 1. The molecule has 0 unspecified atom stereocenters. The van der Waals surface area contributed by atoms with Gasteiger partial charge in [-0.2, -0.15) is 0 Å². The number of piperidine rings is 1. The maximum Gasteiger partial charge on any atom is 0.410 e. The molecule has 1 atom stereocenters. The fourth-order valence-electron chi connectivity index (χ4n) is 4.48. The van der Waals surface area contributed by atoms with E-state index in [-0.39, 0.29) is 18.0 Å². The van der Waals surface area contributed by atoms with Crippen LogP contribution in [0.5, 0.6) is 0 Å². The summed E-state index contributed by atoms with van der Waals surface area (Å²) in [6.07, 6.45) is 7.85. The molecule has 0 bridgehead atoms. The zero-order chi connectivity index (χ0) is 20.9. The lowest BCUT2D eigenvalue weighted by Gasteiger charge is -2.37. The first-order valence-corrected chi connectivity index (χ1v) is 10.6. The van der Waals surface area contributed by atoms with Crippen molar-refractivity contribution >= 4 is 6.09 Å². The highest BCUT2D eigenvalue weighted by Gasteiger charge is 2.33. The molecule has 4 nitrogen and oxygen atoms in total. The van der Waals surface area contributed by atoms with Gasteiger partial charge in [-0.25, -0.2) is 9.18 Å². The summed E-state index contributed by atoms with van der Waals surface area (Å²) in [4.78, 5) is 17.1. The fraction of sp³-hybridized carbons (Fsp3) is 0.400. The summed E-state index contributed by atoms with van der Waals surface area (Å²) in [6.45, 7) is 3.58. The molecule has 0 spiro atoms. The number of carbonyl (C=O) groups is 1. The summed E-state index contributed by atoms with van der Waals surface area (Å²) in [5.41, 5.74) is 3.19. The van der Waals surface area contributed by atoms with Crippen LogP contribution in [-0.4, -0.2) is 48.7 Å². The monoisotopic (exact) mass is 406 g/mol. The molecular weight excluding hydrogens is 379 g/mol. The standard InChI is InChI=1S/C25H27FN2O2/c1-2-14-27-15-11-19(12-16-27)18-30-25(29)28-17-13-20-5-3-4-6-23(20)24(28)21-7-9-22(26)10-8-21/h1,3-10,19,24H,11-18H2/t24-/m0/s1. The van der Waals surface area contributed by atoms with Gasteiger partial charge in [0, 0.05) is 6.54 Å². The van der Waals surface area contributed by atoms with Gasteiger partial charge in [0.15, 0.2) is 0 Å². The van der Waals surface area contributed by atoms with Crippen molar-refractivity contribution in [1.82, 2.24) is 9.80 Å². The third-order valence-electron chi connectivity index (χ3n) is 6.17. The Morgan fingerprint density at radius 2 is 1.83 bits per heavy atom. The van der Waals surface area contributed by atoms with Gasteiger partial charge in [0.25, 0.3) is 0 Å². The van der Waals surface area contributed by atoms with Gasteiger partial charge in [0.05, 0.1) is 19.2 Å². The van der Waals surface area contributed by atoms with Gasteiger partial charge in [-0.05, 0) is 67.1 Å². The van der Waals surface area contributed by atoms with Gasteiger partial charge in [-0.3, -0.25) is 9.80 Å².